The van der Waals surface area contributed by atoms with Crippen molar-refractivity contribution in [2.45, 2.75) is 46.0 Å². The number of hydrogen-bond donors (Lipinski definition) is 0. The molecule has 1 heterocycles. The highest BCUT2D eigenvalue weighted by molar-refractivity contribution is 5.53. The number of carbonyl (C=O) groups is 1. The Bertz CT molecular complexity index is 272. The Kier molecular flexibility index (Phi) is 5.64. The van der Waals surface area contributed by atoms with Crippen molar-refractivity contribution in [2.75, 3.05) is 19.6 Å². The number of piperidine rings is 1. The Balaban J connectivity index is 2.09. The molecule has 1 fully saturated rings. The van der Waals surface area contributed by atoms with Crippen molar-refractivity contribution in [3.63, 3.8) is 0 Å². The SMILES string of the molecule is CC(C)(C#N)CCCCN1CCC(C=O)CC1. The third-order valence-electron chi connectivity index (χ3n) is 3.65. The standard InChI is InChI=1S/C14H24N2O/c1-14(2,12-15)7-3-4-8-16-9-5-13(11-17)6-10-16/h11,13H,3-10H2,1-2H3. The summed E-state index contributed by atoms with van der Waals surface area (Å²) in [6.07, 6.45) is 6.41. The maximum atomic E-state index is 10.6. The van der Waals surface area contributed by atoms with Gasteiger partial charge in [0, 0.05) is 5.92 Å². The van der Waals surface area contributed by atoms with Crippen LogP contribution >= 0.6 is 0 Å². The first-order valence-electron chi connectivity index (χ1n) is 6.66. The van der Waals surface area contributed by atoms with Crippen molar-refractivity contribution >= 4 is 6.29 Å². The number of rotatable bonds is 6. The first-order chi connectivity index (χ1) is 8.07. The molecule has 0 atom stereocenters. The van der Waals surface area contributed by atoms with Gasteiger partial charge < -0.3 is 9.69 Å². The number of aldehydes is 1. The normalized spacial score (nSPS) is 18.9. The summed E-state index contributed by atoms with van der Waals surface area (Å²) in [4.78, 5) is 13.1. The van der Waals surface area contributed by atoms with Gasteiger partial charge in [-0.05, 0) is 59.2 Å². The van der Waals surface area contributed by atoms with Crippen LogP contribution in [0.2, 0.25) is 0 Å². The Morgan fingerprint density at radius 2 is 2.00 bits per heavy atom. The predicted octanol–water partition coefficient (Wildman–Crippen LogP) is 2.62. The molecule has 1 aliphatic heterocycles. The van der Waals surface area contributed by atoms with E-state index in [-0.39, 0.29) is 5.41 Å². The van der Waals surface area contributed by atoms with E-state index in [2.05, 4.69) is 11.0 Å². The second-order valence-electron chi connectivity index (χ2n) is 5.77. The molecule has 0 aliphatic carbocycles. The van der Waals surface area contributed by atoms with Crippen molar-refractivity contribution in [3.8, 4) is 6.07 Å². The number of unbranched alkanes of at least 4 members (excludes halogenated alkanes) is 1. The molecular weight excluding hydrogens is 212 g/mol. The molecular formula is C14H24N2O. The van der Waals surface area contributed by atoms with Crippen molar-refractivity contribution in [1.29, 1.82) is 5.26 Å². The molecule has 0 spiro atoms. The molecule has 0 N–H and O–H groups in total. The topological polar surface area (TPSA) is 44.1 Å². The average molecular weight is 236 g/mol. The van der Waals surface area contributed by atoms with Crippen molar-refractivity contribution in [1.82, 2.24) is 4.90 Å². The summed E-state index contributed by atoms with van der Waals surface area (Å²) in [5, 5.41) is 8.90. The van der Waals surface area contributed by atoms with Crippen LogP contribution in [-0.2, 0) is 4.79 Å². The van der Waals surface area contributed by atoms with Crippen molar-refractivity contribution in [3.05, 3.63) is 0 Å². The fraction of sp³-hybridized carbons (Fsp3) is 0.857. The number of hydrogen-bond acceptors (Lipinski definition) is 3. The zero-order valence-corrected chi connectivity index (χ0v) is 11.1. The van der Waals surface area contributed by atoms with Gasteiger partial charge in [0.05, 0.1) is 11.5 Å². The minimum atomic E-state index is -0.176. The molecule has 0 amide bonds. The molecule has 0 bridgehead atoms. The largest absolute Gasteiger partial charge is 0.303 e. The summed E-state index contributed by atoms with van der Waals surface area (Å²) >= 11 is 0. The van der Waals surface area contributed by atoms with Gasteiger partial charge in [0.15, 0.2) is 0 Å². The van der Waals surface area contributed by atoms with Crippen LogP contribution in [0, 0.1) is 22.7 Å². The third kappa shape index (κ3) is 5.32. The lowest BCUT2D eigenvalue weighted by Crippen LogP contribution is -2.34. The van der Waals surface area contributed by atoms with E-state index >= 15 is 0 Å². The van der Waals surface area contributed by atoms with Crippen LogP contribution in [0.5, 0.6) is 0 Å². The van der Waals surface area contributed by atoms with Gasteiger partial charge in [-0.2, -0.15) is 5.26 Å². The van der Waals surface area contributed by atoms with Crippen molar-refractivity contribution in [2.24, 2.45) is 11.3 Å². The molecule has 1 saturated heterocycles. The smallest absolute Gasteiger partial charge is 0.123 e. The van der Waals surface area contributed by atoms with E-state index in [1.807, 2.05) is 13.8 Å². The van der Waals surface area contributed by atoms with Gasteiger partial charge in [-0.25, -0.2) is 0 Å². The molecule has 0 aromatic carbocycles. The lowest BCUT2D eigenvalue weighted by atomic mass is 9.89. The maximum absolute atomic E-state index is 10.6. The summed E-state index contributed by atoms with van der Waals surface area (Å²) in [5.41, 5.74) is -0.176. The number of nitriles is 1. The van der Waals surface area contributed by atoms with Crippen LogP contribution in [-0.4, -0.2) is 30.8 Å². The van der Waals surface area contributed by atoms with Crippen LogP contribution in [0.1, 0.15) is 46.0 Å². The van der Waals surface area contributed by atoms with E-state index < -0.39 is 0 Å². The monoisotopic (exact) mass is 236 g/mol. The second kappa shape index (κ2) is 6.76. The summed E-state index contributed by atoms with van der Waals surface area (Å²) in [6.45, 7) is 7.24. The minimum absolute atomic E-state index is 0.176. The van der Waals surface area contributed by atoms with Crippen LogP contribution < -0.4 is 0 Å². The molecule has 0 unspecified atom stereocenters. The van der Waals surface area contributed by atoms with Gasteiger partial charge in [-0.15, -0.1) is 0 Å². The van der Waals surface area contributed by atoms with Gasteiger partial charge in [0.25, 0.3) is 0 Å². The van der Waals surface area contributed by atoms with Crippen LogP contribution in [0.15, 0.2) is 0 Å². The molecule has 3 heteroatoms. The van der Waals surface area contributed by atoms with Crippen LogP contribution in [0.25, 0.3) is 0 Å². The molecule has 1 aliphatic rings. The van der Waals surface area contributed by atoms with Gasteiger partial charge in [-0.1, -0.05) is 6.42 Å². The maximum Gasteiger partial charge on any atom is 0.123 e. The van der Waals surface area contributed by atoms with Gasteiger partial charge in [-0.3, -0.25) is 0 Å². The highest BCUT2D eigenvalue weighted by Gasteiger charge is 2.19. The van der Waals surface area contributed by atoms with E-state index in [4.69, 9.17) is 5.26 Å². The summed E-state index contributed by atoms with van der Waals surface area (Å²) in [7, 11) is 0. The highest BCUT2D eigenvalue weighted by Crippen LogP contribution is 2.22. The third-order valence-corrected chi connectivity index (χ3v) is 3.65. The van der Waals surface area contributed by atoms with Crippen LogP contribution in [0.3, 0.4) is 0 Å². The quantitative estimate of drug-likeness (QED) is 0.526. The lowest BCUT2D eigenvalue weighted by molar-refractivity contribution is -0.112. The Labute approximate surface area is 105 Å². The number of nitrogens with zero attached hydrogens (tertiary/aromatic N) is 2. The fourth-order valence-corrected chi connectivity index (χ4v) is 2.27. The zero-order chi connectivity index (χ0) is 12.7. The predicted molar refractivity (Wildman–Crippen MR) is 68.5 cm³/mol. The first-order valence-corrected chi connectivity index (χ1v) is 6.66. The Hall–Kier alpha value is -0.880. The van der Waals surface area contributed by atoms with Gasteiger partial charge >= 0.3 is 0 Å². The lowest BCUT2D eigenvalue weighted by Gasteiger charge is -2.29. The summed E-state index contributed by atoms with van der Waals surface area (Å²) < 4.78 is 0. The highest BCUT2D eigenvalue weighted by atomic mass is 16.1. The van der Waals surface area contributed by atoms with E-state index in [1.165, 1.54) is 0 Å². The molecule has 96 valence electrons. The number of carbonyl (C=O) groups excluding carboxylic acids is 1. The van der Waals surface area contributed by atoms with Gasteiger partial charge in [0.2, 0.25) is 0 Å². The first kappa shape index (κ1) is 14.2. The fourth-order valence-electron chi connectivity index (χ4n) is 2.27. The molecule has 17 heavy (non-hydrogen) atoms. The molecule has 1 rings (SSSR count). The second-order valence-corrected chi connectivity index (χ2v) is 5.77. The summed E-state index contributed by atoms with van der Waals surface area (Å²) in [5.74, 6) is 0.295. The molecule has 3 nitrogen and oxygen atoms in total. The Morgan fingerprint density at radius 3 is 2.53 bits per heavy atom. The van der Waals surface area contributed by atoms with E-state index in [9.17, 15) is 4.79 Å². The molecule has 0 aromatic heterocycles. The molecule has 0 radical (unpaired) electrons. The molecule has 0 aromatic rings. The average Bonchev–Trinajstić information content (AvgIpc) is 2.35. The van der Waals surface area contributed by atoms with Crippen molar-refractivity contribution < 1.29 is 4.79 Å². The molecule has 0 saturated carbocycles. The zero-order valence-electron chi connectivity index (χ0n) is 11.1. The minimum Gasteiger partial charge on any atom is -0.303 e. The number of likely N-dealkylation sites (tertiary alicyclic amines) is 1. The van der Waals surface area contributed by atoms with Gasteiger partial charge in [0.1, 0.15) is 6.29 Å². The van der Waals surface area contributed by atoms with E-state index in [0.29, 0.717) is 5.92 Å². The summed E-state index contributed by atoms with van der Waals surface area (Å²) in [6, 6.07) is 2.34. The van der Waals surface area contributed by atoms with E-state index in [1.54, 1.807) is 0 Å². The van der Waals surface area contributed by atoms with Crippen LogP contribution in [0.4, 0.5) is 0 Å². The van der Waals surface area contributed by atoms with E-state index in [0.717, 1.165) is 58.0 Å². The Morgan fingerprint density at radius 1 is 1.35 bits per heavy atom.